The van der Waals surface area contributed by atoms with E-state index in [9.17, 15) is 9.90 Å². The smallest absolute Gasteiger partial charge is 0.329 e. The summed E-state index contributed by atoms with van der Waals surface area (Å²) in [6.07, 6.45) is 6.01. The van der Waals surface area contributed by atoms with Crippen molar-refractivity contribution in [3.63, 3.8) is 0 Å². The molecule has 2 rings (SSSR count). The van der Waals surface area contributed by atoms with Gasteiger partial charge in [0.05, 0.1) is 0 Å². The standard InChI is InChI=1S/C20H22O2S/c1-3-7-16(8-4-2)19(14-20(21)22)23-18-12-11-15-9-5-6-10-17(15)13-18/h3,5-6,9-14,16H,1,4,7-8H2,2H3,(H,21,22)/b19-14-/t16-/m0/s1. The molecule has 0 unspecified atom stereocenters. The van der Waals surface area contributed by atoms with Crippen LogP contribution in [-0.2, 0) is 4.79 Å². The SMILES string of the molecule is C=CC[C@@H](CCC)/C(=C/C(=O)O)Sc1ccc2ccccc2c1. The number of aliphatic carboxylic acids is 1. The van der Waals surface area contributed by atoms with Gasteiger partial charge in [0.25, 0.3) is 0 Å². The van der Waals surface area contributed by atoms with Crippen LogP contribution in [-0.4, -0.2) is 11.1 Å². The van der Waals surface area contributed by atoms with Gasteiger partial charge in [0.2, 0.25) is 0 Å². The Kier molecular flexibility index (Phi) is 6.48. The zero-order valence-electron chi connectivity index (χ0n) is 13.4. The Labute approximate surface area is 141 Å². The lowest BCUT2D eigenvalue weighted by molar-refractivity contribution is -0.131. The number of carboxylic acids is 1. The second kappa shape index (κ2) is 8.59. The summed E-state index contributed by atoms with van der Waals surface area (Å²) in [7, 11) is 0. The van der Waals surface area contributed by atoms with Crippen molar-refractivity contribution >= 4 is 28.5 Å². The fraction of sp³-hybridized carbons (Fsp3) is 0.250. The molecule has 0 aromatic heterocycles. The van der Waals surface area contributed by atoms with Gasteiger partial charge in [-0.15, -0.1) is 6.58 Å². The molecule has 1 N–H and O–H groups in total. The Morgan fingerprint density at radius 1 is 1.26 bits per heavy atom. The third-order valence-corrected chi connectivity index (χ3v) is 4.89. The molecule has 1 atom stereocenters. The molecule has 2 aromatic rings. The van der Waals surface area contributed by atoms with Crippen LogP contribution in [0.4, 0.5) is 0 Å². The van der Waals surface area contributed by atoms with Crippen LogP contribution in [0, 0.1) is 5.92 Å². The quantitative estimate of drug-likeness (QED) is 0.373. The normalized spacial score (nSPS) is 13.0. The summed E-state index contributed by atoms with van der Waals surface area (Å²) in [6, 6.07) is 14.4. The molecule has 0 saturated heterocycles. The first-order valence-corrected chi connectivity index (χ1v) is 8.67. The Morgan fingerprint density at radius 3 is 2.65 bits per heavy atom. The van der Waals surface area contributed by atoms with Crippen molar-refractivity contribution in [1.82, 2.24) is 0 Å². The van der Waals surface area contributed by atoms with Crippen LogP contribution in [0.1, 0.15) is 26.2 Å². The highest BCUT2D eigenvalue weighted by molar-refractivity contribution is 8.03. The van der Waals surface area contributed by atoms with E-state index in [2.05, 4.69) is 43.8 Å². The second-order valence-corrected chi connectivity index (χ2v) is 6.65. The number of hydrogen-bond acceptors (Lipinski definition) is 2. The van der Waals surface area contributed by atoms with E-state index < -0.39 is 5.97 Å². The zero-order valence-corrected chi connectivity index (χ0v) is 14.2. The Bertz CT molecular complexity index is 718. The fourth-order valence-corrected chi connectivity index (χ4v) is 3.78. The minimum absolute atomic E-state index is 0.213. The van der Waals surface area contributed by atoms with Crippen LogP contribution in [0.2, 0.25) is 0 Å². The molecule has 2 aromatic carbocycles. The van der Waals surface area contributed by atoms with Gasteiger partial charge in [0.15, 0.2) is 0 Å². The topological polar surface area (TPSA) is 37.3 Å². The van der Waals surface area contributed by atoms with Gasteiger partial charge in [-0.05, 0) is 41.7 Å². The fourth-order valence-electron chi connectivity index (χ4n) is 2.65. The molecule has 0 heterocycles. The third kappa shape index (κ3) is 5.00. The van der Waals surface area contributed by atoms with Gasteiger partial charge < -0.3 is 5.11 Å². The number of allylic oxidation sites excluding steroid dienone is 2. The highest BCUT2D eigenvalue weighted by atomic mass is 32.2. The first-order chi connectivity index (χ1) is 11.1. The number of rotatable bonds is 8. The van der Waals surface area contributed by atoms with Crippen molar-refractivity contribution in [2.75, 3.05) is 0 Å². The van der Waals surface area contributed by atoms with Gasteiger partial charge in [0.1, 0.15) is 0 Å². The maximum atomic E-state index is 11.2. The maximum absolute atomic E-state index is 11.2. The minimum atomic E-state index is -0.890. The predicted octanol–water partition coefficient (Wildman–Crippen LogP) is 5.89. The van der Waals surface area contributed by atoms with Crippen LogP contribution in [0.15, 0.2) is 71.0 Å². The lowest BCUT2D eigenvalue weighted by atomic mass is 9.99. The number of carbonyl (C=O) groups is 1. The maximum Gasteiger partial charge on any atom is 0.329 e. The van der Waals surface area contributed by atoms with E-state index in [-0.39, 0.29) is 5.92 Å². The molecule has 23 heavy (non-hydrogen) atoms. The third-order valence-electron chi connectivity index (χ3n) is 3.71. The van der Waals surface area contributed by atoms with E-state index in [0.29, 0.717) is 0 Å². The Hall–Kier alpha value is -2.00. The summed E-state index contributed by atoms with van der Waals surface area (Å²) in [5.74, 6) is -0.677. The number of benzene rings is 2. The summed E-state index contributed by atoms with van der Waals surface area (Å²) in [5.41, 5.74) is 0. The summed E-state index contributed by atoms with van der Waals surface area (Å²) in [5, 5.41) is 11.6. The Morgan fingerprint density at radius 2 is 2.00 bits per heavy atom. The molecule has 0 aliphatic heterocycles. The molecule has 0 bridgehead atoms. The molecule has 0 radical (unpaired) electrons. The van der Waals surface area contributed by atoms with E-state index >= 15 is 0 Å². The number of hydrogen-bond donors (Lipinski definition) is 1. The van der Waals surface area contributed by atoms with E-state index in [4.69, 9.17) is 0 Å². The van der Waals surface area contributed by atoms with Crippen LogP contribution >= 0.6 is 11.8 Å². The number of carboxylic acid groups (broad SMARTS) is 1. The van der Waals surface area contributed by atoms with Gasteiger partial charge in [-0.2, -0.15) is 0 Å². The monoisotopic (exact) mass is 326 g/mol. The van der Waals surface area contributed by atoms with Crippen LogP contribution in [0.25, 0.3) is 10.8 Å². The molecule has 120 valence electrons. The summed E-state index contributed by atoms with van der Waals surface area (Å²) in [4.78, 5) is 13.2. The molecule has 0 saturated carbocycles. The van der Waals surface area contributed by atoms with Gasteiger partial charge in [0, 0.05) is 15.9 Å². The average molecular weight is 326 g/mol. The van der Waals surface area contributed by atoms with Crippen molar-refractivity contribution in [2.45, 2.75) is 31.1 Å². The molecule has 0 spiro atoms. The van der Waals surface area contributed by atoms with Crippen molar-refractivity contribution < 1.29 is 9.90 Å². The van der Waals surface area contributed by atoms with E-state index in [1.54, 1.807) is 11.8 Å². The lowest BCUT2D eigenvalue weighted by Gasteiger charge is -2.18. The van der Waals surface area contributed by atoms with Gasteiger partial charge >= 0.3 is 5.97 Å². The van der Waals surface area contributed by atoms with Gasteiger partial charge in [-0.3, -0.25) is 0 Å². The largest absolute Gasteiger partial charge is 0.478 e. The first kappa shape index (κ1) is 17.4. The summed E-state index contributed by atoms with van der Waals surface area (Å²) >= 11 is 1.55. The summed E-state index contributed by atoms with van der Waals surface area (Å²) < 4.78 is 0. The molecule has 0 fully saturated rings. The van der Waals surface area contributed by atoms with Crippen molar-refractivity contribution in [1.29, 1.82) is 0 Å². The predicted molar refractivity (Wildman–Crippen MR) is 98.7 cm³/mol. The molecular weight excluding hydrogens is 304 g/mol. The zero-order chi connectivity index (χ0) is 16.7. The second-order valence-electron chi connectivity index (χ2n) is 5.51. The van der Waals surface area contributed by atoms with Crippen LogP contribution < -0.4 is 0 Å². The molecule has 0 aliphatic rings. The average Bonchev–Trinajstić information content (AvgIpc) is 2.53. The van der Waals surface area contributed by atoms with Crippen molar-refractivity contribution in [3.8, 4) is 0 Å². The number of fused-ring (bicyclic) bond motifs is 1. The van der Waals surface area contributed by atoms with Crippen LogP contribution in [0.3, 0.4) is 0 Å². The minimum Gasteiger partial charge on any atom is -0.478 e. The van der Waals surface area contributed by atoms with E-state index in [1.807, 2.05) is 18.2 Å². The number of thioether (sulfide) groups is 1. The Balaban J connectivity index is 2.31. The van der Waals surface area contributed by atoms with Crippen molar-refractivity contribution in [3.05, 3.63) is 66.1 Å². The molecule has 3 heteroatoms. The first-order valence-electron chi connectivity index (χ1n) is 7.86. The highest BCUT2D eigenvalue weighted by Crippen LogP contribution is 2.37. The van der Waals surface area contributed by atoms with Crippen molar-refractivity contribution in [2.24, 2.45) is 5.92 Å². The van der Waals surface area contributed by atoms with Gasteiger partial charge in [-0.1, -0.05) is 61.5 Å². The molecular formula is C20H22O2S. The molecule has 0 amide bonds. The highest BCUT2D eigenvalue weighted by Gasteiger charge is 2.15. The van der Waals surface area contributed by atoms with Gasteiger partial charge in [-0.25, -0.2) is 4.79 Å². The lowest BCUT2D eigenvalue weighted by Crippen LogP contribution is -2.03. The van der Waals surface area contributed by atoms with E-state index in [1.165, 1.54) is 16.8 Å². The van der Waals surface area contributed by atoms with E-state index in [0.717, 1.165) is 29.1 Å². The van der Waals surface area contributed by atoms with Crippen LogP contribution in [0.5, 0.6) is 0 Å². The molecule has 2 nitrogen and oxygen atoms in total. The molecule has 0 aliphatic carbocycles. The summed E-state index contributed by atoms with van der Waals surface area (Å²) in [6.45, 7) is 5.93.